The summed E-state index contributed by atoms with van der Waals surface area (Å²) in [6, 6.07) is 35.4. The summed E-state index contributed by atoms with van der Waals surface area (Å²) < 4.78 is 17.1. The van der Waals surface area contributed by atoms with Crippen molar-refractivity contribution in [2.75, 3.05) is 6.61 Å². The summed E-state index contributed by atoms with van der Waals surface area (Å²) in [4.78, 5) is 25.2. The number of carbonyl (C=O) groups is 2. The van der Waals surface area contributed by atoms with Gasteiger partial charge in [-0.3, -0.25) is 4.79 Å². The number of fused-ring (bicyclic) bond motifs is 1. The quantitative estimate of drug-likeness (QED) is 0.0942. The second kappa shape index (κ2) is 13.1. The third-order valence-electron chi connectivity index (χ3n) is 6.21. The summed E-state index contributed by atoms with van der Waals surface area (Å²) in [5.41, 5.74) is 5.52. The van der Waals surface area contributed by atoms with Gasteiger partial charge in [-0.2, -0.15) is 5.10 Å². The zero-order chi connectivity index (χ0) is 28.4. The first-order valence-electron chi connectivity index (χ1n) is 13.1. The highest BCUT2D eigenvalue weighted by Gasteiger charge is 2.14. The largest absolute Gasteiger partial charge is 0.489 e. The van der Waals surface area contributed by atoms with Gasteiger partial charge in [0.2, 0.25) is 0 Å². The van der Waals surface area contributed by atoms with Gasteiger partial charge in [-0.05, 0) is 65.7 Å². The highest BCUT2D eigenvalue weighted by atomic mass is 16.5. The van der Waals surface area contributed by atoms with Crippen LogP contribution in [0, 0.1) is 6.92 Å². The molecule has 5 rings (SSSR count). The number of amides is 1. The Labute approximate surface area is 238 Å². The van der Waals surface area contributed by atoms with Gasteiger partial charge in [0.05, 0.1) is 11.8 Å². The van der Waals surface area contributed by atoms with Crippen LogP contribution in [0.2, 0.25) is 0 Å². The van der Waals surface area contributed by atoms with Crippen molar-refractivity contribution in [3.8, 4) is 17.2 Å². The molecule has 0 atom stereocenters. The van der Waals surface area contributed by atoms with E-state index < -0.39 is 11.9 Å². The number of rotatable bonds is 10. The van der Waals surface area contributed by atoms with Crippen LogP contribution < -0.4 is 19.6 Å². The van der Waals surface area contributed by atoms with E-state index in [0.29, 0.717) is 35.0 Å². The maximum atomic E-state index is 12.8. The molecule has 0 spiro atoms. The van der Waals surface area contributed by atoms with Crippen molar-refractivity contribution in [1.82, 2.24) is 5.43 Å². The molecule has 1 amide bonds. The summed E-state index contributed by atoms with van der Waals surface area (Å²) in [5.74, 6) is 0.635. The predicted molar refractivity (Wildman–Crippen MR) is 159 cm³/mol. The lowest BCUT2D eigenvalue weighted by molar-refractivity contribution is -0.123. The van der Waals surface area contributed by atoms with Crippen molar-refractivity contribution >= 4 is 28.9 Å². The van der Waals surface area contributed by atoms with E-state index in [4.69, 9.17) is 14.2 Å². The lowest BCUT2D eigenvalue weighted by Crippen LogP contribution is -2.24. The third kappa shape index (κ3) is 7.36. The monoisotopic (exact) mass is 544 g/mol. The summed E-state index contributed by atoms with van der Waals surface area (Å²) in [6.07, 6.45) is 1.47. The lowest BCUT2D eigenvalue weighted by Gasteiger charge is -2.11. The van der Waals surface area contributed by atoms with Crippen LogP contribution in [-0.2, 0) is 11.4 Å². The average Bonchev–Trinajstić information content (AvgIpc) is 3.01. The molecule has 0 aliphatic carbocycles. The van der Waals surface area contributed by atoms with Gasteiger partial charge in [0.15, 0.2) is 6.61 Å². The fraction of sp³-hybridized carbons (Fsp3) is 0.0882. The van der Waals surface area contributed by atoms with E-state index >= 15 is 0 Å². The summed E-state index contributed by atoms with van der Waals surface area (Å²) in [6.45, 7) is 2.14. The van der Waals surface area contributed by atoms with E-state index in [-0.39, 0.29) is 6.61 Å². The van der Waals surface area contributed by atoms with Crippen molar-refractivity contribution in [3.05, 3.63) is 138 Å². The molecule has 204 valence electrons. The Kier molecular flexibility index (Phi) is 8.66. The Balaban J connectivity index is 1.20. The standard InChI is InChI=1S/C34H28N2O5/c1-24-8-7-12-27(20-24)34(38)41-32-19-14-26-11-5-6-13-30(26)31(32)21-35-36-33(37)23-40-29-17-15-28(16-18-29)39-22-25-9-3-2-4-10-25/h2-21H,22-23H2,1H3,(H,36,37). The van der Waals surface area contributed by atoms with Gasteiger partial charge < -0.3 is 14.2 Å². The fourth-order valence-corrected chi connectivity index (χ4v) is 4.15. The highest BCUT2D eigenvalue weighted by Crippen LogP contribution is 2.27. The Morgan fingerprint density at radius 1 is 0.780 bits per heavy atom. The van der Waals surface area contributed by atoms with Crippen molar-refractivity contribution in [2.45, 2.75) is 13.5 Å². The molecular formula is C34H28N2O5. The maximum Gasteiger partial charge on any atom is 0.343 e. The first-order chi connectivity index (χ1) is 20.0. The molecule has 0 unspecified atom stereocenters. The average molecular weight is 545 g/mol. The number of ether oxygens (including phenoxy) is 3. The van der Waals surface area contributed by atoms with Crippen LogP contribution in [0.25, 0.3) is 10.8 Å². The van der Waals surface area contributed by atoms with Crippen LogP contribution in [0.1, 0.15) is 27.0 Å². The maximum absolute atomic E-state index is 12.8. The Morgan fingerprint density at radius 2 is 1.51 bits per heavy atom. The van der Waals surface area contributed by atoms with E-state index in [9.17, 15) is 9.59 Å². The van der Waals surface area contributed by atoms with Crippen LogP contribution in [0.3, 0.4) is 0 Å². The summed E-state index contributed by atoms with van der Waals surface area (Å²) in [7, 11) is 0. The number of nitrogens with one attached hydrogen (secondary N) is 1. The number of carbonyl (C=O) groups excluding carboxylic acids is 2. The molecule has 7 nitrogen and oxygen atoms in total. The van der Waals surface area contributed by atoms with Crippen molar-refractivity contribution in [3.63, 3.8) is 0 Å². The van der Waals surface area contributed by atoms with Gasteiger partial charge in [-0.1, -0.05) is 78.4 Å². The summed E-state index contributed by atoms with van der Waals surface area (Å²) in [5, 5.41) is 5.87. The van der Waals surface area contributed by atoms with E-state index in [1.54, 1.807) is 48.5 Å². The van der Waals surface area contributed by atoms with E-state index in [2.05, 4.69) is 10.5 Å². The number of nitrogens with zero attached hydrogens (tertiary/aromatic N) is 1. The topological polar surface area (TPSA) is 86.2 Å². The first kappa shape index (κ1) is 27.1. The molecule has 0 aliphatic rings. The second-order valence-electron chi connectivity index (χ2n) is 9.29. The van der Waals surface area contributed by atoms with Crippen LogP contribution in [-0.4, -0.2) is 24.7 Å². The van der Waals surface area contributed by atoms with Gasteiger partial charge in [-0.15, -0.1) is 0 Å². The van der Waals surface area contributed by atoms with Crippen molar-refractivity contribution < 1.29 is 23.8 Å². The Hall–Kier alpha value is -5.43. The molecular weight excluding hydrogens is 516 g/mol. The van der Waals surface area contributed by atoms with Gasteiger partial charge in [-0.25, -0.2) is 10.2 Å². The number of aryl methyl sites for hydroxylation is 1. The molecule has 5 aromatic carbocycles. The number of esters is 1. The molecule has 0 radical (unpaired) electrons. The fourth-order valence-electron chi connectivity index (χ4n) is 4.15. The Morgan fingerprint density at radius 3 is 2.29 bits per heavy atom. The molecule has 0 saturated heterocycles. The molecule has 7 heteroatoms. The number of hydrazone groups is 1. The van der Waals surface area contributed by atoms with Gasteiger partial charge in [0, 0.05) is 5.56 Å². The zero-order valence-electron chi connectivity index (χ0n) is 22.4. The van der Waals surface area contributed by atoms with E-state index in [1.807, 2.05) is 73.7 Å². The van der Waals surface area contributed by atoms with Crippen LogP contribution in [0.15, 0.2) is 120 Å². The summed E-state index contributed by atoms with van der Waals surface area (Å²) >= 11 is 0. The van der Waals surface area contributed by atoms with Crippen LogP contribution in [0.5, 0.6) is 17.2 Å². The highest BCUT2D eigenvalue weighted by molar-refractivity contribution is 6.04. The molecule has 0 bridgehead atoms. The molecule has 5 aromatic rings. The van der Waals surface area contributed by atoms with E-state index in [0.717, 1.165) is 21.9 Å². The van der Waals surface area contributed by atoms with E-state index in [1.165, 1.54) is 6.21 Å². The normalized spacial score (nSPS) is 10.9. The second-order valence-corrected chi connectivity index (χ2v) is 9.29. The number of hydrogen-bond acceptors (Lipinski definition) is 6. The molecule has 0 fully saturated rings. The smallest absolute Gasteiger partial charge is 0.343 e. The number of hydrogen-bond donors (Lipinski definition) is 1. The molecule has 0 saturated carbocycles. The van der Waals surface area contributed by atoms with Crippen molar-refractivity contribution in [2.24, 2.45) is 5.10 Å². The molecule has 0 heterocycles. The zero-order valence-corrected chi connectivity index (χ0v) is 22.4. The Bertz CT molecular complexity index is 1680. The first-order valence-corrected chi connectivity index (χ1v) is 13.1. The molecule has 1 N–H and O–H groups in total. The van der Waals surface area contributed by atoms with Crippen LogP contribution in [0.4, 0.5) is 0 Å². The third-order valence-corrected chi connectivity index (χ3v) is 6.21. The molecule has 0 aromatic heterocycles. The van der Waals surface area contributed by atoms with Gasteiger partial charge in [0.1, 0.15) is 23.9 Å². The van der Waals surface area contributed by atoms with Gasteiger partial charge >= 0.3 is 5.97 Å². The molecule has 41 heavy (non-hydrogen) atoms. The predicted octanol–water partition coefficient (Wildman–Crippen LogP) is 6.48. The van der Waals surface area contributed by atoms with Gasteiger partial charge in [0.25, 0.3) is 5.91 Å². The number of benzene rings is 5. The minimum atomic E-state index is -0.479. The SMILES string of the molecule is Cc1cccc(C(=O)Oc2ccc3ccccc3c2C=NNC(=O)COc2ccc(OCc3ccccc3)cc2)c1. The lowest BCUT2D eigenvalue weighted by atomic mass is 10.0. The van der Waals surface area contributed by atoms with Crippen molar-refractivity contribution in [1.29, 1.82) is 0 Å². The minimum Gasteiger partial charge on any atom is -0.489 e. The minimum absolute atomic E-state index is 0.230. The van der Waals surface area contributed by atoms with Crippen LogP contribution >= 0.6 is 0 Å². The molecule has 0 aliphatic heterocycles.